The van der Waals surface area contributed by atoms with Crippen molar-refractivity contribution in [3.63, 3.8) is 0 Å². The lowest BCUT2D eigenvalue weighted by Gasteiger charge is -2.27. The molecule has 0 atom stereocenters. The first-order chi connectivity index (χ1) is 10.7. The largest absolute Gasteiger partial charge is 0.352 e. The molecule has 2 amide bonds. The lowest BCUT2D eigenvalue weighted by Crippen LogP contribution is -2.48. The molecule has 3 aliphatic rings. The molecule has 0 aromatic carbocycles. The smallest absolute Gasteiger partial charge is 0.238 e. The van der Waals surface area contributed by atoms with E-state index in [1.807, 2.05) is 4.90 Å². The highest BCUT2D eigenvalue weighted by molar-refractivity contribution is 6.08. The van der Waals surface area contributed by atoms with Gasteiger partial charge in [-0.3, -0.25) is 9.59 Å². The summed E-state index contributed by atoms with van der Waals surface area (Å²) in [5, 5.41) is 3.21. The summed E-state index contributed by atoms with van der Waals surface area (Å²) < 4.78 is 0. The Bertz CT molecular complexity index is 401. The summed E-state index contributed by atoms with van der Waals surface area (Å²) in [6.45, 7) is 1.69. The maximum absolute atomic E-state index is 12.9. The molecular weight excluding hydrogens is 276 g/mol. The van der Waals surface area contributed by atoms with Crippen LogP contribution in [0.4, 0.5) is 0 Å². The fourth-order valence-corrected chi connectivity index (χ4v) is 3.99. The van der Waals surface area contributed by atoms with Gasteiger partial charge in [0.15, 0.2) is 0 Å². The van der Waals surface area contributed by atoms with Crippen molar-refractivity contribution in [2.24, 2.45) is 5.41 Å². The number of carbonyl (C=O) groups is 2. The van der Waals surface area contributed by atoms with Crippen molar-refractivity contribution < 1.29 is 9.59 Å². The zero-order valence-electron chi connectivity index (χ0n) is 13.7. The van der Waals surface area contributed by atoms with Gasteiger partial charge in [0.1, 0.15) is 5.41 Å². The van der Waals surface area contributed by atoms with Crippen LogP contribution in [0.15, 0.2) is 0 Å². The lowest BCUT2D eigenvalue weighted by molar-refractivity contribution is -0.144. The van der Waals surface area contributed by atoms with Gasteiger partial charge in [0.05, 0.1) is 0 Å². The number of nitrogens with zero attached hydrogens (tertiary/aromatic N) is 1. The Kier molecular flexibility index (Phi) is 5.04. The van der Waals surface area contributed by atoms with Crippen LogP contribution in [0.2, 0.25) is 0 Å². The normalized spacial score (nSPS) is 25.9. The molecule has 0 bridgehead atoms. The van der Waals surface area contributed by atoms with Gasteiger partial charge in [-0.15, -0.1) is 0 Å². The summed E-state index contributed by atoms with van der Waals surface area (Å²) in [6, 6.07) is 0.296. The molecule has 0 aromatic heterocycles. The molecule has 3 fully saturated rings. The molecule has 1 aliphatic heterocycles. The Balaban J connectivity index is 1.59. The summed E-state index contributed by atoms with van der Waals surface area (Å²) in [7, 11) is 0. The molecule has 1 saturated heterocycles. The van der Waals surface area contributed by atoms with E-state index in [0.717, 1.165) is 51.6 Å². The standard InChI is InChI=1S/C18H30N2O2/c21-16(19-15-9-5-1-2-6-10-15)18(11-12-18)17(22)20-13-7-3-4-8-14-20/h15H,1-14H2,(H,19,21). The van der Waals surface area contributed by atoms with E-state index in [4.69, 9.17) is 0 Å². The van der Waals surface area contributed by atoms with Crippen molar-refractivity contribution in [3.8, 4) is 0 Å². The Morgan fingerprint density at radius 2 is 1.36 bits per heavy atom. The topological polar surface area (TPSA) is 49.4 Å². The molecule has 0 unspecified atom stereocenters. The summed E-state index contributed by atoms with van der Waals surface area (Å²) in [6.07, 6.45) is 13.2. The van der Waals surface area contributed by atoms with Gasteiger partial charge in [0, 0.05) is 19.1 Å². The number of hydrogen-bond acceptors (Lipinski definition) is 2. The van der Waals surface area contributed by atoms with Crippen molar-refractivity contribution in [2.75, 3.05) is 13.1 Å². The van der Waals surface area contributed by atoms with Crippen molar-refractivity contribution in [3.05, 3.63) is 0 Å². The number of amides is 2. The second-order valence-corrected chi connectivity index (χ2v) is 7.45. The summed E-state index contributed by atoms with van der Waals surface area (Å²) >= 11 is 0. The maximum Gasteiger partial charge on any atom is 0.238 e. The Labute approximate surface area is 134 Å². The van der Waals surface area contributed by atoms with Gasteiger partial charge in [0.2, 0.25) is 11.8 Å². The number of carbonyl (C=O) groups excluding carboxylic acids is 2. The summed E-state index contributed by atoms with van der Waals surface area (Å²) in [5.74, 6) is 0.133. The third-order valence-electron chi connectivity index (χ3n) is 5.68. The van der Waals surface area contributed by atoms with Crippen molar-refractivity contribution in [2.45, 2.75) is 83.1 Å². The van der Waals surface area contributed by atoms with Gasteiger partial charge in [-0.25, -0.2) is 0 Å². The Morgan fingerprint density at radius 3 is 1.91 bits per heavy atom. The van der Waals surface area contributed by atoms with Crippen LogP contribution in [0.3, 0.4) is 0 Å². The van der Waals surface area contributed by atoms with Gasteiger partial charge in [-0.1, -0.05) is 38.5 Å². The van der Waals surface area contributed by atoms with Gasteiger partial charge in [0.25, 0.3) is 0 Å². The van der Waals surface area contributed by atoms with E-state index in [1.165, 1.54) is 38.5 Å². The molecule has 0 radical (unpaired) electrons. The SMILES string of the molecule is O=C(NC1CCCCCC1)C1(C(=O)N2CCCCCC2)CC1. The average Bonchev–Trinajstić information content (AvgIpc) is 3.34. The van der Waals surface area contributed by atoms with Crippen molar-refractivity contribution >= 4 is 11.8 Å². The van der Waals surface area contributed by atoms with Crippen LogP contribution < -0.4 is 5.32 Å². The molecule has 2 saturated carbocycles. The minimum absolute atomic E-state index is 0.0219. The molecule has 0 spiro atoms. The molecule has 0 aromatic rings. The molecule has 1 N–H and O–H groups in total. The average molecular weight is 306 g/mol. The van der Waals surface area contributed by atoms with Crippen LogP contribution in [-0.2, 0) is 9.59 Å². The van der Waals surface area contributed by atoms with Crippen LogP contribution in [0.5, 0.6) is 0 Å². The van der Waals surface area contributed by atoms with Crippen LogP contribution in [0.1, 0.15) is 77.0 Å². The maximum atomic E-state index is 12.9. The first kappa shape index (κ1) is 15.8. The summed E-state index contributed by atoms with van der Waals surface area (Å²) in [5.41, 5.74) is -0.698. The second kappa shape index (κ2) is 7.01. The van der Waals surface area contributed by atoms with E-state index >= 15 is 0 Å². The molecule has 124 valence electrons. The van der Waals surface area contributed by atoms with E-state index in [-0.39, 0.29) is 11.8 Å². The van der Waals surface area contributed by atoms with E-state index in [1.54, 1.807) is 0 Å². The number of nitrogens with one attached hydrogen (secondary N) is 1. The predicted molar refractivity (Wildman–Crippen MR) is 86.3 cm³/mol. The number of likely N-dealkylation sites (tertiary alicyclic amines) is 1. The lowest BCUT2D eigenvalue weighted by atomic mass is 10.0. The predicted octanol–water partition coefficient (Wildman–Crippen LogP) is 3.01. The molecule has 4 nitrogen and oxygen atoms in total. The number of hydrogen-bond donors (Lipinski definition) is 1. The van der Waals surface area contributed by atoms with E-state index in [2.05, 4.69) is 5.32 Å². The van der Waals surface area contributed by atoms with Crippen molar-refractivity contribution in [1.29, 1.82) is 0 Å². The monoisotopic (exact) mass is 306 g/mol. The van der Waals surface area contributed by atoms with Gasteiger partial charge in [-0.2, -0.15) is 0 Å². The fraction of sp³-hybridized carbons (Fsp3) is 0.889. The second-order valence-electron chi connectivity index (χ2n) is 7.45. The third kappa shape index (κ3) is 3.47. The molecule has 22 heavy (non-hydrogen) atoms. The first-order valence-corrected chi connectivity index (χ1v) is 9.33. The molecule has 1 heterocycles. The minimum atomic E-state index is -0.698. The minimum Gasteiger partial charge on any atom is -0.352 e. The molecular formula is C18H30N2O2. The van der Waals surface area contributed by atoms with Crippen LogP contribution in [0, 0.1) is 5.41 Å². The fourth-order valence-electron chi connectivity index (χ4n) is 3.99. The zero-order chi connectivity index (χ0) is 15.4. The van der Waals surface area contributed by atoms with Crippen molar-refractivity contribution in [1.82, 2.24) is 10.2 Å². The van der Waals surface area contributed by atoms with Crippen LogP contribution in [-0.4, -0.2) is 35.8 Å². The third-order valence-corrected chi connectivity index (χ3v) is 5.68. The van der Waals surface area contributed by atoms with Crippen LogP contribution in [0.25, 0.3) is 0 Å². The van der Waals surface area contributed by atoms with Gasteiger partial charge in [-0.05, 0) is 38.5 Å². The molecule has 2 aliphatic carbocycles. The molecule has 3 rings (SSSR count). The zero-order valence-corrected chi connectivity index (χ0v) is 13.7. The van der Waals surface area contributed by atoms with Gasteiger partial charge >= 0.3 is 0 Å². The number of rotatable bonds is 3. The highest BCUT2D eigenvalue weighted by Crippen LogP contribution is 2.48. The summed E-state index contributed by atoms with van der Waals surface area (Å²) in [4.78, 5) is 27.5. The molecule has 4 heteroatoms. The van der Waals surface area contributed by atoms with E-state index in [9.17, 15) is 9.59 Å². The highest BCUT2D eigenvalue weighted by Gasteiger charge is 2.58. The Hall–Kier alpha value is -1.06. The van der Waals surface area contributed by atoms with Gasteiger partial charge < -0.3 is 10.2 Å². The Morgan fingerprint density at radius 1 is 0.818 bits per heavy atom. The van der Waals surface area contributed by atoms with Crippen LogP contribution >= 0.6 is 0 Å². The first-order valence-electron chi connectivity index (χ1n) is 9.33. The van der Waals surface area contributed by atoms with E-state index in [0.29, 0.717) is 6.04 Å². The highest BCUT2D eigenvalue weighted by atomic mass is 16.2. The quantitative estimate of drug-likeness (QED) is 0.643. The van der Waals surface area contributed by atoms with E-state index < -0.39 is 5.41 Å².